The number of rotatable bonds is 8. The minimum atomic E-state index is -0.377. The fourth-order valence-corrected chi connectivity index (χ4v) is 4.74. The predicted octanol–water partition coefficient (Wildman–Crippen LogP) is 4.54. The summed E-state index contributed by atoms with van der Waals surface area (Å²) in [6, 6.07) is 4.02. The fourth-order valence-electron chi connectivity index (χ4n) is 4.64. The first kappa shape index (κ1) is 23.7. The number of hydrogen-bond donors (Lipinski definition) is 2. The summed E-state index contributed by atoms with van der Waals surface area (Å²) in [4.78, 5) is 27.5. The van der Waals surface area contributed by atoms with E-state index in [9.17, 15) is 4.79 Å². The zero-order valence-electron chi connectivity index (χ0n) is 19.9. The molecule has 2 aromatic heterocycles. The number of amides is 1. The van der Waals surface area contributed by atoms with Gasteiger partial charge >= 0.3 is 0 Å². The quantitative estimate of drug-likeness (QED) is 0.589. The van der Waals surface area contributed by atoms with E-state index in [1.54, 1.807) is 12.4 Å². The summed E-state index contributed by atoms with van der Waals surface area (Å²) in [6.07, 6.45) is 10.2. The van der Waals surface area contributed by atoms with Gasteiger partial charge in [-0.1, -0.05) is 38.4 Å². The Morgan fingerprint density at radius 3 is 2.48 bits per heavy atom. The van der Waals surface area contributed by atoms with Crippen LogP contribution in [0.3, 0.4) is 0 Å². The molecule has 7 nitrogen and oxygen atoms in total. The lowest BCUT2D eigenvalue weighted by Crippen LogP contribution is -2.35. The summed E-state index contributed by atoms with van der Waals surface area (Å²) < 4.78 is 0. The second kappa shape index (κ2) is 10.2. The van der Waals surface area contributed by atoms with Crippen molar-refractivity contribution in [3.05, 3.63) is 41.3 Å². The maximum absolute atomic E-state index is 12.0. The van der Waals surface area contributed by atoms with Crippen LogP contribution in [-0.2, 0) is 11.3 Å². The molecule has 0 unspecified atom stereocenters. The van der Waals surface area contributed by atoms with Crippen molar-refractivity contribution in [3.63, 3.8) is 0 Å². The Balaban J connectivity index is 1.13. The summed E-state index contributed by atoms with van der Waals surface area (Å²) in [6.45, 7) is 9.26. The zero-order chi connectivity index (χ0) is 23.4. The van der Waals surface area contributed by atoms with Gasteiger partial charge in [-0.15, -0.1) is 0 Å². The first-order chi connectivity index (χ1) is 15.8. The van der Waals surface area contributed by atoms with Gasteiger partial charge < -0.3 is 15.5 Å². The summed E-state index contributed by atoms with van der Waals surface area (Å²) >= 11 is 5.90. The molecule has 2 fully saturated rings. The lowest BCUT2D eigenvalue weighted by molar-refractivity contribution is -0.128. The lowest BCUT2D eigenvalue weighted by atomic mass is 9.90. The molecule has 1 amide bonds. The standard InChI is InChI=1S/C25H35ClN6O/c1-25(2,3)23(33)29-14-17-4-5-22(28-13-17)27-9-6-19-12-21(19)18-7-10-32(11-8-18)24-30-15-20(26)16-31-24/h4-5,13,15-16,18-19,21H,6-12,14H2,1-3H3,(H,27,28)(H,29,33)/t19-,21-/m1/s1. The number of carbonyl (C=O) groups excluding carboxylic acids is 1. The molecule has 4 rings (SSSR count). The van der Waals surface area contributed by atoms with Crippen molar-refractivity contribution in [1.82, 2.24) is 20.3 Å². The van der Waals surface area contributed by atoms with Crippen LogP contribution in [0.25, 0.3) is 0 Å². The monoisotopic (exact) mass is 470 g/mol. The largest absolute Gasteiger partial charge is 0.370 e. The van der Waals surface area contributed by atoms with Crippen molar-refractivity contribution in [2.24, 2.45) is 23.2 Å². The van der Waals surface area contributed by atoms with Gasteiger partial charge in [-0.2, -0.15) is 0 Å². The molecule has 0 aromatic carbocycles. The number of aromatic nitrogens is 3. The number of carbonyl (C=O) groups is 1. The van der Waals surface area contributed by atoms with E-state index >= 15 is 0 Å². The number of pyridine rings is 1. The van der Waals surface area contributed by atoms with Crippen molar-refractivity contribution in [1.29, 1.82) is 0 Å². The van der Waals surface area contributed by atoms with E-state index < -0.39 is 0 Å². The molecule has 1 aliphatic carbocycles. The molecule has 0 spiro atoms. The maximum Gasteiger partial charge on any atom is 0.225 e. The number of anilines is 2. The number of piperidine rings is 1. The van der Waals surface area contributed by atoms with E-state index in [1.807, 2.05) is 39.1 Å². The molecule has 178 valence electrons. The van der Waals surface area contributed by atoms with Gasteiger partial charge in [0.2, 0.25) is 11.9 Å². The lowest BCUT2D eigenvalue weighted by Gasteiger charge is -2.32. The Labute approximate surface area is 201 Å². The van der Waals surface area contributed by atoms with Crippen LogP contribution in [0.4, 0.5) is 11.8 Å². The van der Waals surface area contributed by atoms with Crippen molar-refractivity contribution in [2.45, 2.75) is 53.0 Å². The van der Waals surface area contributed by atoms with Crippen LogP contribution < -0.4 is 15.5 Å². The summed E-state index contributed by atoms with van der Waals surface area (Å²) in [5.41, 5.74) is 0.633. The molecule has 0 bridgehead atoms. The Bertz CT molecular complexity index is 919. The third-order valence-electron chi connectivity index (χ3n) is 6.79. The van der Waals surface area contributed by atoms with E-state index in [0.29, 0.717) is 11.6 Å². The molecular formula is C25H35ClN6O. The van der Waals surface area contributed by atoms with Crippen molar-refractivity contribution in [3.8, 4) is 0 Å². The van der Waals surface area contributed by atoms with Gasteiger partial charge in [0.1, 0.15) is 5.82 Å². The molecule has 0 radical (unpaired) electrons. The van der Waals surface area contributed by atoms with Crippen LogP contribution in [0.15, 0.2) is 30.7 Å². The Hall–Kier alpha value is -2.41. The normalized spacial score (nSPS) is 21.0. The van der Waals surface area contributed by atoms with Gasteiger partial charge in [0.05, 0.1) is 17.4 Å². The highest BCUT2D eigenvalue weighted by atomic mass is 35.5. The molecule has 33 heavy (non-hydrogen) atoms. The number of nitrogens with one attached hydrogen (secondary N) is 2. The van der Waals surface area contributed by atoms with Crippen LogP contribution in [0.1, 0.15) is 52.0 Å². The summed E-state index contributed by atoms with van der Waals surface area (Å²) in [5, 5.41) is 7.00. The highest BCUT2D eigenvalue weighted by Gasteiger charge is 2.43. The van der Waals surface area contributed by atoms with Gasteiger partial charge in [0, 0.05) is 37.8 Å². The van der Waals surface area contributed by atoms with Crippen LogP contribution in [-0.4, -0.2) is 40.5 Å². The van der Waals surface area contributed by atoms with Gasteiger partial charge in [0.15, 0.2) is 0 Å². The van der Waals surface area contributed by atoms with Crippen molar-refractivity contribution in [2.75, 3.05) is 29.9 Å². The smallest absolute Gasteiger partial charge is 0.225 e. The number of hydrogen-bond acceptors (Lipinski definition) is 6. The molecule has 3 heterocycles. The first-order valence-electron chi connectivity index (χ1n) is 12.0. The van der Waals surface area contributed by atoms with Gasteiger partial charge in [-0.25, -0.2) is 15.0 Å². The Kier molecular flexibility index (Phi) is 7.37. The van der Waals surface area contributed by atoms with E-state index in [4.69, 9.17) is 11.6 Å². The van der Waals surface area contributed by atoms with E-state index in [-0.39, 0.29) is 11.3 Å². The zero-order valence-corrected chi connectivity index (χ0v) is 20.6. The highest BCUT2D eigenvalue weighted by molar-refractivity contribution is 6.30. The molecule has 1 saturated heterocycles. The number of halogens is 1. The summed E-state index contributed by atoms with van der Waals surface area (Å²) in [5.74, 6) is 4.25. The molecule has 1 saturated carbocycles. The molecule has 8 heteroatoms. The first-order valence-corrected chi connectivity index (χ1v) is 12.4. The second-order valence-corrected chi connectivity index (χ2v) is 10.8. The molecule has 1 aliphatic heterocycles. The topological polar surface area (TPSA) is 83.0 Å². The van der Waals surface area contributed by atoms with Crippen molar-refractivity contribution >= 4 is 29.3 Å². The minimum Gasteiger partial charge on any atom is -0.370 e. The molecular weight excluding hydrogens is 436 g/mol. The van der Waals surface area contributed by atoms with Crippen LogP contribution >= 0.6 is 11.6 Å². The van der Waals surface area contributed by atoms with Crippen LogP contribution in [0.2, 0.25) is 5.02 Å². The third-order valence-corrected chi connectivity index (χ3v) is 6.99. The van der Waals surface area contributed by atoms with Gasteiger partial charge in [-0.3, -0.25) is 4.79 Å². The van der Waals surface area contributed by atoms with E-state index in [2.05, 4.69) is 30.5 Å². The third kappa shape index (κ3) is 6.56. The highest BCUT2D eigenvalue weighted by Crippen LogP contribution is 2.49. The average molecular weight is 471 g/mol. The molecule has 2 atom stereocenters. The average Bonchev–Trinajstić information content (AvgIpc) is 3.58. The Morgan fingerprint density at radius 1 is 1.12 bits per heavy atom. The maximum atomic E-state index is 12.0. The predicted molar refractivity (Wildman–Crippen MR) is 132 cm³/mol. The minimum absolute atomic E-state index is 0.0488. The SMILES string of the molecule is CC(C)(C)C(=O)NCc1ccc(NCC[C@@H]2C[C@@H]2C2CCN(c3ncc(Cl)cn3)CC2)nc1. The summed E-state index contributed by atoms with van der Waals surface area (Å²) in [7, 11) is 0. The fraction of sp³-hybridized carbons (Fsp3) is 0.600. The van der Waals surface area contributed by atoms with E-state index in [0.717, 1.165) is 54.7 Å². The second-order valence-electron chi connectivity index (χ2n) is 10.4. The van der Waals surface area contributed by atoms with Gasteiger partial charge in [-0.05, 0) is 55.1 Å². The van der Waals surface area contributed by atoms with Crippen LogP contribution in [0.5, 0.6) is 0 Å². The number of nitrogens with zero attached hydrogens (tertiary/aromatic N) is 4. The van der Waals surface area contributed by atoms with Crippen LogP contribution in [0, 0.1) is 23.2 Å². The van der Waals surface area contributed by atoms with Gasteiger partial charge in [0.25, 0.3) is 0 Å². The molecule has 2 aliphatic rings. The molecule has 2 N–H and O–H groups in total. The van der Waals surface area contributed by atoms with Crippen molar-refractivity contribution < 1.29 is 4.79 Å². The molecule has 2 aromatic rings. The Morgan fingerprint density at radius 2 is 1.85 bits per heavy atom. The van der Waals surface area contributed by atoms with E-state index in [1.165, 1.54) is 25.7 Å².